The van der Waals surface area contributed by atoms with Crippen LogP contribution in [0.15, 0.2) is 54.6 Å². The number of hydrogen-bond acceptors (Lipinski definition) is 4. The first-order chi connectivity index (χ1) is 11.2. The summed E-state index contributed by atoms with van der Waals surface area (Å²) in [4.78, 5) is 12.2. The van der Waals surface area contributed by atoms with Crippen LogP contribution in [0.2, 0.25) is 0 Å². The average molecular weight is 345 g/mol. The van der Waals surface area contributed by atoms with Crippen molar-refractivity contribution in [1.29, 1.82) is 0 Å². The number of benzene rings is 2. The molecule has 5 heteroatoms. The van der Waals surface area contributed by atoms with Crippen LogP contribution in [0.3, 0.4) is 0 Å². The van der Waals surface area contributed by atoms with Gasteiger partial charge in [0, 0.05) is 29.7 Å². The van der Waals surface area contributed by atoms with Crippen LogP contribution in [-0.4, -0.2) is 24.0 Å². The van der Waals surface area contributed by atoms with E-state index in [1.165, 1.54) is 17.1 Å². The van der Waals surface area contributed by atoms with Gasteiger partial charge in [0.05, 0.1) is 4.58 Å². The molecule has 0 radical (unpaired) electrons. The Kier molecular flexibility index (Phi) is 5.65. The fourth-order valence-corrected chi connectivity index (χ4v) is 5.32. The zero-order chi connectivity index (χ0) is 16.1. The summed E-state index contributed by atoms with van der Waals surface area (Å²) >= 11 is 3.93. The van der Waals surface area contributed by atoms with Crippen LogP contribution in [0.4, 0.5) is 0 Å². The van der Waals surface area contributed by atoms with Crippen LogP contribution in [-0.2, 0) is 0 Å². The van der Waals surface area contributed by atoms with Crippen molar-refractivity contribution in [2.24, 2.45) is 5.73 Å². The summed E-state index contributed by atoms with van der Waals surface area (Å²) in [6.45, 7) is 0.429. The van der Waals surface area contributed by atoms with Gasteiger partial charge in [0.25, 0.3) is 5.91 Å². The molecule has 1 amide bonds. The van der Waals surface area contributed by atoms with Crippen molar-refractivity contribution in [3.8, 4) is 0 Å². The summed E-state index contributed by atoms with van der Waals surface area (Å²) in [7, 11) is 0. The summed E-state index contributed by atoms with van der Waals surface area (Å²) in [5, 5.41) is 2.91. The Morgan fingerprint density at radius 2 is 1.74 bits per heavy atom. The minimum absolute atomic E-state index is 0.0744. The smallest absolute Gasteiger partial charge is 0.251 e. The molecule has 0 bridgehead atoms. The molecule has 0 spiro atoms. The lowest BCUT2D eigenvalue weighted by atomic mass is 10.1. The highest BCUT2D eigenvalue weighted by atomic mass is 32.2. The molecule has 120 valence electrons. The van der Waals surface area contributed by atoms with Crippen LogP contribution in [0.25, 0.3) is 0 Å². The quantitative estimate of drug-likeness (QED) is 0.870. The van der Waals surface area contributed by atoms with E-state index in [1.54, 1.807) is 0 Å². The predicted molar refractivity (Wildman–Crippen MR) is 99.8 cm³/mol. The predicted octanol–water partition coefficient (Wildman–Crippen LogP) is 3.60. The maximum Gasteiger partial charge on any atom is 0.251 e. The topological polar surface area (TPSA) is 55.1 Å². The van der Waals surface area contributed by atoms with Crippen LogP contribution in [0.5, 0.6) is 0 Å². The fraction of sp³-hybridized carbons (Fsp3) is 0.278. The van der Waals surface area contributed by atoms with Crippen LogP contribution in [0.1, 0.15) is 32.1 Å². The van der Waals surface area contributed by atoms with Crippen molar-refractivity contribution in [1.82, 2.24) is 5.32 Å². The van der Waals surface area contributed by atoms with Gasteiger partial charge in [0.1, 0.15) is 0 Å². The van der Waals surface area contributed by atoms with Gasteiger partial charge in [-0.15, -0.1) is 23.5 Å². The van der Waals surface area contributed by atoms with E-state index in [1.807, 2.05) is 66.0 Å². The summed E-state index contributed by atoms with van der Waals surface area (Å²) in [5.74, 6) is 2.33. The molecule has 1 fully saturated rings. The third kappa shape index (κ3) is 4.31. The Morgan fingerprint density at radius 1 is 1.09 bits per heavy atom. The van der Waals surface area contributed by atoms with Crippen molar-refractivity contribution >= 4 is 29.4 Å². The first-order valence-electron chi connectivity index (χ1n) is 7.66. The number of rotatable bonds is 5. The highest BCUT2D eigenvalue weighted by Crippen LogP contribution is 2.45. The van der Waals surface area contributed by atoms with Gasteiger partial charge in [0.15, 0.2) is 0 Å². The maximum atomic E-state index is 12.2. The normalized spacial score (nSPS) is 16.2. The second-order valence-corrected chi connectivity index (χ2v) is 8.15. The Bertz CT molecular complexity index is 640. The highest BCUT2D eigenvalue weighted by Gasteiger charge is 2.18. The number of carbonyl (C=O) groups excluding carboxylic acids is 1. The van der Waals surface area contributed by atoms with E-state index < -0.39 is 0 Å². The van der Waals surface area contributed by atoms with E-state index >= 15 is 0 Å². The van der Waals surface area contributed by atoms with Crippen LogP contribution < -0.4 is 11.1 Å². The maximum absolute atomic E-state index is 12.2. The second kappa shape index (κ2) is 7.90. The lowest BCUT2D eigenvalue weighted by molar-refractivity contribution is 0.0951. The Balaban J connectivity index is 1.55. The van der Waals surface area contributed by atoms with E-state index in [0.29, 0.717) is 16.7 Å². The highest BCUT2D eigenvalue weighted by molar-refractivity contribution is 8.19. The van der Waals surface area contributed by atoms with Gasteiger partial charge in [-0.25, -0.2) is 0 Å². The molecule has 1 heterocycles. The van der Waals surface area contributed by atoms with Gasteiger partial charge < -0.3 is 11.1 Å². The molecule has 23 heavy (non-hydrogen) atoms. The summed E-state index contributed by atoms with van der Waals surface area (Å²) < 4.78 is 0.513. The van der Waals surface area contributed by atoms with Crippen LogP contribution in [0, 0.1) is 0 Å². The zero-order valence-electron chi connectivity index (χ0n) is 12.8. The number of nitrogens with two attached hydrogens (primary N) is 1. The fourth-order valence-electron chi connectivity index (χ4n) is 2.47. The third-order valence-electron chi connectivity index (χ3n) is 3.78. The monoisotopic (exact) mass is 344 g/mol. The minimum Gasteiger partial charge on any atom is -0.350 e. The van der Waals surface area contributed by atoms with Gasteiger partial charge in [-0.3, -0.25) is 4.79 Å². The Hall–Kier alpha value is -1.43. The van der Waals surface area contributed by atoms with E-state index in [9.17, 15) is 4.79 Å². The molecule has 3 N–H and O–H groups in total. The number of hydrogen-bond donors (Lipinski definition) is 2. The van der Waals surface area contributed by atoms with Gasteiger partial charge in [-0.2, -0.15) is 0 Å². The zero-order valence-corrected chi connectivity index (χ0v) is 14.4. The van der Waals surface area contributed by atoms with Crippen molar-refractivity contribution in [3.05, 3.63) is 71.3 Å². The first-order valence-corrected chi connectivity index (χ1v) is 9.75. The summed E-state index contributed by atoms with van der Waals surface area (Å²) in [5.41, 5.74) is 9.10. The van der Waals surface area contributed by atoms with E-state index in [4.69, 9.17) is 5.73 Å². The lowest BCUT2D eigenvalue weighted by Gasteiger charge is -2.14. The number of thioether (sulfide) groups is 2. The van der Waals surface area contributed by atoms with Crippen molar-refractivity contribution in [3.63, 3.8) is 0 Å². The van der Waals surface area contributed by atoms with E-state index in [0.717, 1.165) is 5.56 Å². The molecular formula is C18H20N2OS2. The van der Waals surface area contributed by atoms with Gasteiger partial charge in [-0.05, 0) is 23.3 Å². The minimum atomic E-state index is -0.189. The Labute approximate surface area is 145 Å². The SMILES string of the molecule is NC(CNC(=O)c1ccc(C2SCCS2)cc1)c1ccccc1. The van der Waals surface area contributed by atoms with Gasteiger partial charge in [0.2, 0.25) is 0 Å². The number of nitrogens with one attached hydrogen (secondary N) is 1. The second-order valence-electron chi connectivity index (χ2n) is 5.42. The third-order valence-corrected chi connectivity index (χ3v) is 6.88. The van der Waals surface area contributed by atoms with Gasteiger partial charge in [-0.1, -0.05) is 42.5 Å². The molecule has 2 aromatic rings. The molecule has 0 aromatic heterocycles. The van der Waals surface area contributed by atoms with E-state index in [-0.39, 0.29) is 11.9 Å². The molecule has 0 saturated carbocycles. The average Bonchev–Trinajstić information content (AvgIpc) is 3.15. The first kappa shape index (κ1) is 16.4. The molecule has 2 aromatic carbocycles. The summed E-state index contributed by atoms with van der Waals surface area (Å²) in [6, 6.07) is 17.5. The van der Waals surface area contributed by atoms with Crippen LogP contribution >= 0.6 is 23.5 Å². The molecule has 1 saturated heterocycles. The standard InChI is InChI=1S/C18H20N2OS2/c19-16(13-4-2-1-3-5-13)12-20-17(21)14-6-8-15(9-7-14)18-22-10-11-23-18/h1-9,16,18H,10-12,19H2,(H,20,21). The Morgan fingerprint density at radius 3 is 2.39 bits per heavy atom. The largest absolute Gasteiger partial charge is 0.350 e. The van der Waals surface area contributed by atoms with Crippen molar-refractivity contribution in [2.75, 3.05) is 18.1 Å². The molecule has 3 nitrogen and oxygen atoms in total. The summed E-state index contributed by atoms with van der Waals surface area (Å²) in [6.07, 6.45) is 0. The number of carbonyl (C=O) groups is 1. The van der Waals surface area contributed by atoms with Gasteiger partial charge >= 0.3 is 0 Å². The molecule has 1 unspecified atom stereocenters. The molecule has 1 aliphatic heterocycles. The van der Waals surface area contributed by atoms with Crippen molar-refractivity contribution in [2.45, 2.75) is 10.6 Å². The van der Waals surface area contributed by atoms with Crippen molar-refractivity contribution < 1.29 is 4.79 Å². The molecule has 3 rings (SSSR count). The molecular weight excluding hydrogens is 324 g/mol. The molecule has 0 aliphatic carbocycles. The number of amides is 1. The molecule has 1 atom stereocenters. The van der Waals surface area contributed by atoms with E-state index in [2.05, 4.69) is 17.4 Å². The lowest BCUT2D eigenvalue weighted by Crippen LogP contribution is -2.31. The molecule has 1 aliphatic rings.